The van der Waals surface area contributed by atoms with Crippen LogP contribution in [0.15, 0.2) is 35.5 Å². The molecule has 22 heavy (non-hydrogen) atoms. The van der Waals surface area contributed by atoms with Crippen molar-refractivity contribution in [3.8, 4) is 0 Å². The molecule has 0 unspecified atom stereocenters. The minimum Gasteiger partial charge on any atom is -0.481 e. The highest BCUT2D eigenvalue weighted by Gasteiger charge is 2.20. The summed E-state index contributed by atoms with van der Waals surface area (Å²) < 4.78 is 2.06. The van der Waals surface area contributed by atoms with Gasteiger partial charge in [-0.05, 0) is 18.4 Å². The lowest BCUT2D eigenvalue weighted by atomic mass is 10.1. The second kappa shape index (κ2) is 7.45. The first kappa shape index (κ1) is 16.5. The standard InChI is InChI=1S/C16H21N3O2S/c1-11(2)9-14-17-18-16(22-10-15(20)21)19(14)12(3)13-7-5-4-6-8-13/h4-8,11-12H,9-10H2,1-3H3,(H,20,21)/t12-/m0/s1. The topological polar surface area (TPSA) is 68.0 Å². The van der Waals surface area contributed by atoms with Crippen molar-refractivity contribution in [2.75, 3.05) is 5.75 Å². The average Bonchev–Trinajstić information content (AvgIpc) is 2.87. The van der Waals surface area contributed by atoms with E-state index < -0.39 is 5.97 Å². The Hall–Kier alpha value is -1.82. The predicted molar refractivity (Wildman–Crippen MR) is 87.2 cm³/mol. The minimum absolute atomic E-state index is 0.0126. The van der Waals surface area contributed by atoms with Crippen molar-refractivity contribution >= 4 is 17.7 Å². The predicted octanol–water partition coefficient (Wildman–Crippen LogP) is 3.26. The molecule has 1 aromatic heterocycles. The summed E-state index contributed by atoms with van der Waals surface area (Å²) in [5, 5.41) is 18.0. The number of carboxylic acids is 1. The SMILES string of the molecule is CC(C)Cc1nnc(SCC(=O)O)n1[C@@H](C)c1ccccc1. The van der Waals surface area contributed by atoms with Crippen molar-refractivity contribution < 1.29 is 9.90 Å². The average molecular weight is 319 g/mol. The Kier molecular flexibility index (Phi) is 5.60. The molecule has 6 heteroatoms. The lowest BCUT2D eigenvalue weighted by Gasteiger charge is -2.19. The first-order chi connectivity index (χ1) is 10.5. The molecular formula is C16H21N3O2S. The van der Waals surface area contributed by atoms with Crippen LogP contribution in [0, 0.1) is 5.92 Å². The minimum atomic E-state index is -0.850. The molecule has 0 bridgehead atoms. The monoisotopic (exact) mass is 319 g/mol. The Bertz CT molecular complexity index is 626. The van der Waals surface area contributed by atoms with Gasteiger partial charge in [0.25, 0.3) is 0 Å². The van der Waals surface area contributed by atoms with Gasteiger partial charge in [-0.2, -0.15) is 0 Å². The summed E-state index contributed by atoms with van der Waals surface area (Å²) in [7, 11) is 0. The highest BCUT2D eigenvalue weighted by Crippen LogP contribution is 2.27. The Morgan fingerprint density at radius 3 is 2.50 bits per heavy atom. The van der Waals surface area contributed by atoms with E-state index in [1.165, 1.54) is 11.8 Å². The first-order valence-electron chi connectivity index (χ1n) is 7.32. The van der Waals surface area contributed by atoms with Crippen LogP contribution in [0.3, 0.4) is 0 Å². The number of aromatic nitrogens is 3. The molecule has 2 aromatic rings. The summed E-state index contributed by atoms with van der Waals surface area (Å²) in [4.78, 5) is 10.8. The molecule has 1 heterocycles. The van der Waals surface area contributed by atoms with Crippen LogP contribution >= 0.6 is 11.8 Å². The van der Waals surface area contributed by atoms with Gasteiger partial charge in [0, 0.05) is 6.42 Å². The van der Waals surface area contributed by atoms with Crippen molar-refractivity contribution in [1.29, 1.82) is 0 Å². The lowest BCUT2D eigenvalue weighted by molar-refractivity contribution is -0.133. The number of rotatable bonds is 7. The van der Waals surface area contributed by atoms with Gasteiger partial charge in [-0.25, -0.2) is 0 Å². The molecule has 0 aliphatic heterocycles. The van der Waals surface area contributed by atoms with Gasteiger partial charge in [-0.3, -0.25) is 9.36 Å². The Labute approximate surface area is 134 Å². The quantitative estimate of drug-likeness (QED) is 0.793. The zero-order valence-electron chi connectivity index (χ0n) is 13.1. The molecular weight excluding hydrogens is 298 g/mol. The zero-order valence-corrected chi connectivity index (χ0v) is 13.9. The molecule has 0 spiro atoms. The number of aliphatic carboxylic acids is 1. The Morgan fingerprint density at radius 1 is 1.23 bits per heavy atom. The van der Waals surface area contributed by atoms with Gasteiger partial charge >= 0.3 is 5.97 Å². The maximum absolute atomic E-state index is 10.8. The zero-order chi connectivity index (χ0) is 16.1. The summed E-state index contributed by atoms with van der Waals surface area (Å²) in [5.74, 6) is 0.501. The molecule has 5 nitrogen and oxygen atoms in total. The maximum atomic E-state index is 10.8. The fraction of sp³-hybridized carbons (Fsp3) is 0.438. The first-order valence-corrected chi connectivity index (χ1v) is 8.31. The smallest absolute Gasteiger partial charge is 0.313 e. The summed E-state index contributed by atoms with van der Waals surface area (Å²) in [6.45, 7) is 6.36. The summed E-state index contributed by atoms with van der Waals surface area (Å²) in [5.41, 5.74) is 1.16. The summed E-state index contributed by atoms with van der Waals surface area (Å²) in [6.07, 6.45) is 0.817. The van der Waals surface area contributed by atoms with Crippen molar-refractivity contribution in [2.45, 2.75) is 38.4 Å². The highest BCUT2D eigenvalue weighted by atomic mass is 32.2. The molecule has 0 aliphatic carbocycles. The molecule has 2 rings (SSSR count). The van der Waals surface area contributed by atoms with E-state index in [2.05, 4.69) is 47.7 Å². The van der Waals surface area contributed by atoms with Crippen LogP contribution in [0.5, 0.6) is 0 Å². The van der Waals surface area contributed by atoms with Gasteiger partial charge < -0.3 is 5.11 Å². The molecule has 0 fully saturated rings. The van der Waals surface area contributed by atoms with E-state index in [1.807, 2.05) is 18.2 Å². The molecule has 1 N–H and O–H groups in total. The summed E-state index contributed by atoms with van der Waals surface area (Å²) >= 11 is 1.22. The second-order valence-corrected chi connectivity index (χ2v) is 6.58. The largest absolute Gasteiger partial charge is 0.481 e. The molecule has 118 valence electrons. The van der Waals surface area contributed by atoms with Crippen molar-refractivity contribution in [2.24, 2.45) is 5.92 Å². The molecule has 0 saturated carbocycles. The fourth-order valence-electron chi connectivity index (χ4n) is 2.31. The van der Waals surface area contributed by atoms with E-state index in [-0.39, 0.29) is 11.8 Å². The number of thioether (sulfide) groups is 1. The van der Waals surface area contributed by atoms with Gasteiger partial charge in [-0.1, -0.05) is 55.9 Å². The molecule has 0 aliphatic rings. The van der Waals surface area contributed by atoms with E-state index in [0.717, 1.165) is 17.8 Å². The highest BCUT2D eigenvalue weighted by molar-refractivity contribution is 7.99. The summed E-state index contributed by atoms with van der Waals surface area (Å²) in [6, 6.07) is 10.2. The van der Waals surface area contributed by atoms with Gasteiger partial charge in [0.05, 0.1) is 11.8 Å². The third-order valence-electron chi connectivity index (χ3n) is 3.32. The maximum Gasteiger partial charge on any atom is 0.313 e. The molecule has 0 saturated heterocycles. The van der Waals surface area contributed by atoms with E-state index in [0.29, 0.717) is 11.1 Å². The van der Waals surface area contributed by atoms with Gasteiger partial charge in [-0.15, -0.1) is 10.2 Å². The van der Waals surface area contributed by atoms with Crippen molar-refractivity contribution in [3.05, 3.63) is 41.7 Å². The fourth-order valence-corrected chi connectivity index (χ4v) is 3.06. The number of carbonyl (C=O) groups is 1. The van der Waals surface area contributed by atoms with Crippen LogP contribution in [-0.2, 0) is 11.2 Å². The van der Waals surface area contributed by atoms with Gasteiger partial charge in [0.2, 0.25) is 0 Å². The molecule has 1 atom stereocenters. The molecule has 1 aromatic carbocycles. The third kappa shape index (κ3) is 4.10. The van der Waals surface area contributed by atoms with Crippen molar-refractivity contribution in [3.63, 3.8) is 0 Å². The van der Waals surface area contributed by atoms with Crippen LogP contribution < -0.4 is 0 Å². The number of hydrogen-bond acceptors (Lipinski definition) is 4. The van der Waals surface area contributed by atoms with Crippen LogP contribution in [-0.4, -0.2) is 31.6 Å². The Morgan fingerprint density at radius 2 is 1.91 bits per heavy atom. The van der Waals surface area contributed by atoms with Crippen molar-refractivity contribution in [1.82, 2.24) is 14.8 Å². The number of nitrogens with zero attached hydrogens (tertiary/aromatic N) is 3. The van der Waals surface area contributed by atoms with Crippen LogP contribution in [0.4, 0.5) is 0 Å². The molecule has 0 radical (unpaired) electrons. The van der Waals surface area contributed by atoms with E-state index in [4.69, 9.17) is 5.11 Å². The van der Waals surface area contributed by atoms with Crippen LogP contribution in [0.25, 0.3) is 0 Å². The van der Waals surface area contributed by atoms with Crippen LogP contribution in [0.1, 0.15) is 38.2 Å². The normalized spacial score (nSPS) is 12.5. The lowest BCUT2D eigenvalue weighted by Crippen LogP contribution is -2.14. The van der Waals surface area contributed by atoms with Crippen LogP contribution in [0.2, 0.25) is 0 Å². The number of hydrogen-bond donors (Lipinski definition) is 1. The van der Waals surface area contributed by atoms with Gasteiger partial charge in [0.15, 0.2) is 5.16 Å². The van der Waals surface area contributed by atoms with E-state index in [9.17, 15) is 4.79 Å². The number of benzene rings is 1. The molecule has 0 amide bonds. The second-order valence-electron chi connectivity index (χ2n) is 5.64. The Balaban J connectivity index is 2.35. The third-order valence-corrected chi connectivity index (χ3v) is 4.25. The van der Waals surface area contributed by atoms with E-state index in [1.54, 1.807) is 0 Å². The van der Waals surface area contributed by atoms with E-state index >= 15 is 0 Å². The van der Waals surface area contributed by atoms with Gasteiger partial charge in [0.1, 0.15) is 5.82 Å². The number of carboxylic acid groups (broad SMARTS) is 1.